The van der Waals surface area contributed by atoms with E-state index in [1.165, 1.54) is 12.3 Å². The van der Waals surface area contributed by atoms with Crippen LogP contribution in [0.4, 0.5) is 0 Å². The van der Waals surface area contributed by atoms with E-state index in [9.17, 15) is 18.0 Å². The van der Waals surface area contributed by atoms with Gasteiger partial charge < -0.3 is 19.4 Å². The number of rotatable bonds is 5. The Hall–Kier alpha value is -2.88. The standard InChI is InChI=1S/C16H17N3O6S/c1-11(13-5-3-8-24-13)17-14(20)10-25-16(21)12-4-2-6-19-7-9-26(22,23)18-15(12)19/h2-6,8,11H,7,9-10H2,1H3,(H,17,20)/t11-/m0/s1. The van der Waals surface area contributed by atoms with Crippen molar-refractivity contribution in [2.24, 2.45) is 4.40 Å². The molecule has 0 fully saturated rings. The highest BCUT2D eigenvalue weighted by Crippen LogP contribution is 2.18. The second kappa shape index (κ2) is 7.16. The summed E-state index contributed by atoms with van der Waals surface area (Å²) in [6.45, 7) is 1.42. The molecule has 10 heteroatoms. The molecule has 3 rings (SSSR count). The van der Waals surface area contributed by atoms with Gasteiger partial charge in [-0.15, -0.1) is 4.40 Å². The lowest BCUT2D eigenvalue weighted by molar-refractivity contribution is -0.144. The molecule has 0 spiro atoms. The Balaban J connectivity index is 1.61. The molecule has 2 aliphatic rings. The van der Waals surface area contributed by atoms with Crippen molar-refractivity contribution in [3.05, 3.63) is 48.1 Å². The van der Waals surface area contributed by atoms with Crippen LogP contribution in [0.2, 0.25) is 0 Å². The lowest BCUT2D eigenvalue weighted by Crippen LogP contribution is -2.40. The van der Waals surface area contributed by atoms with Crippen LogP contribution in [0.5, 0.6) is 0 Å². The van der Waals surface area contributed by atoms with Crippen LogP contribution in [0, 0.1) is 0 Å². The van der Waals surface area contributed by atoms with Crippen LogP contribution in [0.1, 0.15) is 18.7 Å². The maximum Gasteiger partial charge on any atom is 0.342 e. The molecule has 1 aromatic heterocycles. The Morgan fingerprint density at radius 1 is 1.46 bits per heavy atom. The van der Waals surface area contributed by atoms with Gasteiger partial charge in [0.1, 0.15) is 11.3 Å². The molecule has 9 nitrogen and oxygen atoms in total. The molecule has 0 radical (unpaired) electrons. The Kier molecular flexibility index (Phi) is 4.94. The smallest absolute Gasteiger partial charge is 0.342 e. The number of carbonyl (C=O) groups excluding carboxylic acids is 2. The highest BCUT2D eigenvalue weighted by atomic mass is 32.2. The number of amides is 1. The zero-order chi connectivity index (χ0) is 18.7. The number of allylic oxidation sites excluding steroid dienone is 2. The molecule has 1 aromatic rings. The van der Waals surface area contributed by atoms with Crippen LogP contribution >= 0.6 is 0 Å². The summed E-state index contributed by atoms with van der Waals surface area (Å²) in [7, 11) is -3.62. The van der Waals surface area contributed by atoms with Crippen molar-refractivity contribution in [2.45, 2.75) is 13.0 Å². The maximum atomic E-state index is 12.3. The summed E-state index contributed by atoms with van der Waals surface area (Å²) in [5, 5.41) is 2.63. The van der Waals surface area contributed by atoms with Gasteiger partial charge in [-0.05, 0) is 31.2 Å². The van der Waals surface area contributed by atoms with Crippen molar-refractivity contribution < 1.29 is 27.2 Å². The van der Waals surface area contributed by atoms with E-state index >= 15 is 0 Å². The van der Waals surface area contributed by atoms with E-state index in [1.807, 2.05) is 0 Å². The first-order valence-electron chi connectivity index (χ1n) is 7.84. The average Bonchev–Trinajstić information content (AvgIpc) is 3.13. The highest BCUT2D eigenvalue weighted by molar-refractivity contribution is 7.90. The van der Waals surface area contributed by atoms with Crippen LogP contribution in [0.25, 0.3) is 0 Å². The van der Waals surface area contributed by atoms with Crippen LogP contribution in [0.15, 0.2) is 51.1 Å². The normalized spacial score (nSPS) is 19.0. The molecule has 26 heavy (non-hydrogen) atoms. The average molecular weight is 379 g/mol. The summed E-state index contributed by atoms with van der Waals surface area (Å²) in [5.74, 6) is -0.883. The fraction of sp³-hybridized carbons (Fsp3) is 0.312. The summed E-state index contributed by atoms with van der Waals surface area (Å²) < 4.78 is 37.2. The van der Waals surface area contributed by atoms with Crippen molar-refractivity contribution in [1.82, 2.24) is 10.2 Å². The second-order valence-corrected chi connectivity index (χ2v) is 7.45. The number of carbonyl (C=O) groups is 2. The van der Waals surface area contributed by atoms with E-state index in [0.717, 1.165) is 0 Å². The molecule has 138 valence electrons. The molecule has 0 saturated heterocycles. The number of nitrogens with one attached hydrogen (secondary N) is 1. The van der Waals surface area contributed by atoms with E-state index in [1.54, 1.807) is 36.2 Å². The van der Waals surface area contributed by atoms with Gasteiger partial charge in [0.2, 0.25) is 0 Å². The molecule has 1 atom stereocenters. The minimum absolute atomic E-state index is 0.00751. The molecule has 0 aliphatic carbocycles. The molecular formula is C16H17N3O6S. The van der Waals surface area contributed by atoms with Crippen molar-refractivity contribution in [3.63, 3.8) is 0 Å². The number of amidine groups is 1. The number of sulfonamides is 1. The molecular weight excluding hydrogens is 362 g/mol. The van der Waals surface area contributed by atoms with Gasteiger partial charge >= 0.3 is 5.97 Å². The van der Waals surface area contributed by atoms with Gasteiger partial charge in [0.05, 0.1) is 18.1 Å². The lowest BCUT2D eigenvalue weighted by Gasteiger charge is -2.28. The topological polar surface area (TPSA) is 118 Å². The van der Waals surface area contributed by atoms with Crippen molar-refractivity contribution in [2.75, 3.05) is 18.9 Å². The third kappa shape index (κ3) is 4.02. The van der Waals surface area contributed by atoms with Gasteiger partial charge in [-0.2, -0.15) is 0 Å². The maximum absolute atomic E-state index is 12.3. The van der Waals surface area contributed by atoms with E-state index in [2.05, 4.69) is 9.71 Å². The zero-order valence-electron chi connectivity index (χ0n) is 13.9. The Morgan fingerprint density at radius 2 is 2.27 bits per heavy atom. The molecule has 2 aliphatic heterocycles. The Bertz CT molecular complexity index is 898. The SMILES string of the molecule is C[C@H](NC(=O)COC(=O)C1=CC=CN2CCS(=O)(=O)N=C12)c1ccco1. The number of ether oxygens (including phenoxy) is 1. The van der Waals surface area contributed by atoms with Crippen molar-refractivity contribution in [1.29, 1.82) is 0 Å². The first-order valence-corrected chi connectivity index (χ1v) is 9.45. The van der Waals surface area contributed by atoms with Crippen LogP contribution < -0.4 is 5.32 Å². The van der Waals surface area contributed by atoms with Gasteiger partial charge in [-0.25, -0.2) is 13.2 Å². The molecule has 0 aromatic carbocycles. The first-order chi connectivity index (χ1) is 12.4. The Morgan fingerprint density at radius 3 is 3.00 bits per heavy atom. The molecule has 1 N–H and O–H groups in total. The molecule has 1 amide bonds. The third-order valence-corrected chi connectivity index (χ3v) is 4.91. The summed E-state index contributed by atoms with van der Waals surface area (Å²) in [4.78, 5) is 25.7. The quantitative estimate of drug-likeness (QED) is 0.740. The first kappa shape index (κ1) is 17.9. The number of esters is 1. The Labute approximate surface area is 150 Å². The summed E-state index contributed by atoms with van der Waals surface area (Å²) in [5.41, 5.74) is -0.0114. The predicted octanol–water partition coefficient (Wildman–Crippen LogP) is 0.498. The van der Waals surface area contributed by atoms with E-state index in [4.69, 9.17) is 9.15 Å². The van der Waals surface area contributed by atoms with Crippen LogP contribution in [-0.4, -0.2) is 49.9 Å². The number of nitrogens with zero attached hydrogens (tertiary/aromatic N) is 2. The molecule has 0 bridgehead atoms. The van der Waals surface area contributed by atoms with Gasteiger partial charge in [-0.3, -0.25) is 4.79 Å². The highest BCUT2D eigenvalue weighted by Gasteiger charge is 2.31. The molecule has 0 unspecified atom stereocenters. The zero-order valence-corrected chi connectivity index (χ0v) is 14.7. The number of hydrogen-bond acceptors (Lipinski definition) is 7. The van der Waals surface area contributed by atoms with Crippen molar-refractivity contribution in [3.8, 4) is 0 Å². The van der Waals surface area contributed by atoms with Crippen LogP contribution in [0.3, 0.4) is 0 Å². The van der Waals surface area contributed by atoms with Gasteiger partial charge in [0, 0.05) is 12.7 Å². The third-order valence-electron chi connectivity index (χ3n) is 3.76. The van der Waals surface area contributed by atoms with E-state index < -0.39 is 28.5 Å². The monoisotopic (exact) mass is 379 g/mol. The fourth-order valence-electron chi connectivity index (χ4n) is 2.48. The number of hydrogen-bond donors (Lipinski definition) is 1. The summed E-state index contributed by atoms with van der Waals surface area (Å²) in [6, 6.07) is 3.04. The van der Waals surface area contributed by atoms with E-state index in [0.29, 0.717) is 5.76 Å². The summed E-state index contributed by atoms with van der Waals surface area (Å²) in [6.07, 6.45) is 6.11. The second-order valence-electron chi connectivity index (χ2n) is 5.70. The summed E-state index contributed by atoms with van der Waals surface area (Å²) >= 11 is 0. The fourth-order valence-corrected chi connectivity index (χ4v) is 3.46. The number of furan rings is 1. The predicted molar refractivity (Wildman–Crippen MR) is 91.4 cm³/mol. The largest absolute Gasteiger partial charge is 0.467 e. The minimum atomic E-state index is -3.62. The van der Waals surface area contributed by atoms with Gasteiger partial charge in [0.25, 0.3) is 15.9 Å². The van der Waals surface area contributed by atoms with Gasteiger partial charge in [-0.1, -0.05) is 0 Å². The van der Waals surface area contributed by atoms with E-state index in [-0.39, 0.29) is 29.7 Å². The number of fused-ring (bicyclic) bond motifs is 1. The van der Waals surface area contributed by atoms with Crippen molar-refractivity contribution >= 4 is 27.7 Å². The van der Waals surface area contributed by atoms with Gasteiger partial charge in [0.15, 0.2) is 12.4 Å². The van der Waals surface area contributed by atoms with Crippen LogP contribution in [-0.2, 0) is 24.3 Å². The molecule has 3 heterocycles. The molecule has 0 saturated carbocycles. The lowest BCUT2D eigenvalue weighted by atomic mass is 10.1. The minimum Gasteiger partial charge on any atom is -0.467 e.